The third-order valence-corrected chi connectivity index (χ3v) is 8.40. The van der Waals surface area contributed by atoms with E-state index in [1.165, 1.54) is 39.0 Å². The van der Waals surface area contributed by atoms with E-state index < -0.39 is 0 Å². The van der Waals surface area contributed by atoms with Crippen molar-refractivity contribution in [2.45, 2.75) is 114 Å². The summed E-state index contributed by atoms with van der Waals surface area (Å²) in [6.07, 6.45) is 2.70. The number of ether oxygens (including phenoxy) is 1. The summed E-state index contributed by atoms with van der Waals surface area (Å²) < 4.78 is 5.21. The van der Waals surface area contributed by atoms with Crippen LogP contribution in [-0.2, 0) is 4.74 Å². The molecule has 3 fully saturated rings. The van der Waals surface area contributed by atoms with Gasteiger partial charge in [-0.3, -0.25) is 4.90 Å². The van der Waals surface area contributed by atoms with Gasteiger partial charge in [0.1, 0.15) is 0 Å². The number of nitrogens with zero attached hydrogens (tertiary/aromatic N) is 3. The fraction of sp³-hybridized carbons (Fsp3) is 1.00. The maximum absolute atomic E-state index is 5.21. The highest BCUT2D eigenvalue weighted by atomic mass is 16.5. The van der Waals surface area contributed by atoms with E-state index in [1.807, 2.05) is 0 Å². The molecule has 0 aromatic carbocycles. The van der Waals surface area contributed by atoms with E-state index in [2.05, 4.69) is 97.8 Å². The van der Waals surface area contributed by atoms with Crippen LogP contribution in [0.4, 0.5) is 0 Å². The molecular weight excluding hydrogens is 394 g/mol. The zero-order chi connectivity index (χ0) is 24.7. The Morgan fingerprint density at radius 3 is 1.28 bits per heavy atom. The van der Waals surface area contributed by atoms with Crippen molar-refractivity contribution in [2.75, 3.05) is 52.5 Å². The fourth-order valence-electron chi connectivity index (χ4n) is 4.69. The Bertz CT molecular complexity index is 519. The van der Waals surface area contributed by atoms with Crippen LogP contribution < -0.4 is 0 Å². The molecule has 0 aliphatic carbocycles. The molecule has 0 bridgehead atoms. The Morgan fingerprint density at radius 2 is 0.969 bits per heavy atom. The van der Waals surface area contributed by atoms with Crippen molar-refractivity contribution in [2.24, 2.45) is 16.2 Å². The van der Waals surface area contributed by atoms with Crippen molar-refractivity contribution >= 4 is 0 Å². The lowest BCUT2D eigenvalue weighted by molar-refractivity contribution is -0.0175. The van der Waals surface area contributed by atoms with Gasteiger partial charge in [0.25, 0.3) is 0 Å². The Labute approximate surface area is 202 Å². The summed E-state index contributed by atoms with van der Waals surface area (Å²) in [5.74, 6) is 0. The maximum atomic E-state index is 5.21. The van der Waals surface area contributed by atoms with Crippen LogP contribution >= 0.6 is 0 Å². The lowest BCUT2D eigenvalue weighted by Gasteiger charge is -2.51. The summed E-state index contributed by atoms with van der Waals surface area (Å²) in [6.45, 7) is 37.1. The monoisotopic (exact) mass is 453 g/mol. The van der Waals surface area contributed by atoms with Gasteiger partial charge in [0.05, 0.1) is 13.2 Å². The minimum absolute atomic E-state index is 0.454. The lowest BCUT2D eigenvalue weighted by atomic mass is 9.63. The third kappa shape index (κ3) is 9.60. The summed E-state index contributed by atoms with van der Waals surface area (Å²) >= 11 is 0. The Balaban J connectivity index is 0.000000245. The highest BCUT2D eigenvalue weighted by Gasteiger charge is 2.42. The Hall–Kier alpha value is -0.160. The number of hydrogen-bond acceptors (Lipinski definition) is 4. The van der Waals surface area contributed by atoms with E-state index in [1.54, 1.807) is 0 Å². The molecule has 3 rings (SSSR count). The van der Waals surface area contributed by atoms with Gasteiger partial charge >= 0.3 is 0 Å². The molecule has 3 heterocycles. The fourth-order valence-corrected chi connectivity index (χ4v) is 4.69. The molecule has 3 aliphatic heterocycles. The molecule has 0 amide bonds. The van der Waals surface area contributed by atoms with Crippen molar-refractivity contribution in [1.82, 2.24) is 14.7 Å². The van der Waals surface area contributed by atoms with Crippen LogP contribution in [0.5, 0.6) is 0 Å². The molecule has 0 spiro atoms. The van der Waals surface area contributed by atoms with E-state index >= 15 is 0 Å². The molecule has 0 atom stereocenters. The first kappa shape index (κ1) is 29.9. The van der Waals surface area contributed by atoms with Crippen LogP contribution in [0, 0.1) is 16.2 Å². The minimum atomic E-state index is 0.454. The Morgan fingerprint density at radius 1 is 0.531 bits per heavy atom. The maximum Gasteiger partial charge on any atom is 0.0594 e. The van der Waals surface area contributed by atoms with Crippen LogP contribution in [0.3, 0.4) is 0 Å². The number of piperidine rings is 1. The topological polar surface area (TPSA) is 19.0 Å². The minimum Gasteiger partial charge on any atom is -0.379 e. The van der Waals surface area contributed by atoms with Gasteiger partial charge in [-0.15, -0.1) is 0 Å². The average molecular weight is 454 g/mol. The van der Waals surface area contributed by atoms with Gasteiger partial charge in [0.2, 0.25) is 0 Å². The second-order valence-electron chi connectivity index (χ2n) is 13.3. The summed E-state index contributed by atoms with van der Waals surface area (Å²) in [6, 6.07) is 2.13. The molecule has 32 heavy (non-hydrogen) atoms. The standard InChI is InChI=1S/C12H25N.C9H19N.C7H15NO/c1-10(2)13-8-7-11(3,4)12(5,6)9-13;1-8(2)10-6-5-9(3,4)7-10;1-7(2)8-3-5-9-6-4-8/h10H,7-9H2,1-6H3;8H,5-7H2,1-4H3;7H,3-6H2,1-2H3. The molecule has 3 saturated heterocycles. The lowest BCUT2D eigenvalue weighted by Crippen LogP contribution is -2.52. The predicted octanol–water partition coefficient (Wildman–Crippen LogP) is 6.01. The zero-order valence-electron chi connectivity index (χ0n) is 24.1. The van der Waals surface area contributed by atoms with E-state index in [0.717, 1.165) is 32.3 Å². The molecule has 3 aliphatic rings. The molecule has 0 N–H and O–H groups in total. The van der Waals surface area contributed by atoms with Crippen molar-refractivity contribution < 1.29 is 4.74 Å². The van der Waals surface area contributed by atoms with Crippen LogP contribution in [0.25, 0.3) is 0 Å². The van der Waals surface area contributed by atoms with Crippen LogP contribution in [0.15, 0.2) is 0 Å². The molecule has 0 aromatic heterocycles. The SMILES string of the molecule is CC(C)N1CCC(C)(C)C(C)(C)C1.CC(C)N1CCC(C)(C)C1.CC(C)N1CCOCC1. The molecule has 0 aromatic rings. The van der Waals surface area contributed by atoms with E-state index in [-0.39, 0.29) is 0 Å². The number of likely N-dealkylation sites (tertiary alicyclic amines) is 2. The Kier molecular flexibility index (Phi) is 11.7. The summed E-state index contributed by atoms with van der Waals surface area (Å²) in [5.41, 5.74) is 1.53. The van der Waals surface area contributed by atoms with Crippen LogP contribution in [0.1, 0.15) is 95.9 Å². The van der Waals surface area contributed by atoms with Gasteiger partial charge in [-0.25, -0.2) is 0 Å². The van der Waals surface area contributed by atoms with E-state index in [0.29, 0.717) is 28.3 Å². The van der Waals surface area contributed by atoms with E-state index in [9.17, 15) is 0 Å². The van der Waals surface area contributed by atoms with Crippen LogP contribution in [-0.4, -0.2) is 85.3 Å². The summed E-state index contributed by atoms with van der Waals surface area (Å²) in [7, 11) is 0. The van der Waals surface area contributed by atoms with Crippen LogP contribution in [0.2, 0.25) is 0 Å². The molecule has 0 unspecified atom stereocenters. The molecular formula is C28H59N3O. The average Bonchev–Trinajstić information content (AvgIpc) is 3.06. The predicted molar refractivity (Wildman–Crippen MR) is 142 cm³/mol. The second kappa shape index (κ2) is 12.5. The van der Waals surface area contributed by atoms with Gasteiger partial charge in [-0.05, 0) is 83.7 Å². The first-order valence-corrected chi connectivity index (χ1v) is 13.4. The molecule has 4 heteroatoms. The first-order chi connectivity index (χ1) is 14.6. The first-order valence-electron chi connectivity index (χ1n) is 13.4. The summed E-state index contributed by atoms with van der Waals surface area (Å²) in [4.78, 5) is 7.59. The van der Waals surface area contributed by atoms with Crippen molar-refractivity contribution in [3.05, 3.63) is 0 Å². The zero-order valence-corrected chi connectivity index (χ0v) is 24.1. The largest absolute Gasteiger partial charge is 0.379 e. The smallest absolute Gasteiger partial charge is 0.0594 e. The van der Waals surface area contributed by atoms with Gasteiger partial charge in [0.15, 0.2) is 0 Å². The van der Waals surface area contributed by atoms with Crippen molar-refractivity contribution in [3.63, 3.8) is 0 Å². The van der Waals surface area contributed by atoms with Gasteiger partial charge < -0.3 is 14.5 Å². The van der Waals surface area contributed by atoms with Crippen molar-refractivity contribution in [1.29, 1.82) is 0 Å². The number of morpholine rings is 1. The highest BCUT2D eigenvalue weighted by molar-refractivity contribution is 4.93. The number of hydrogen-bond donors (Lipinski definition) is 0. The second-order valence-corrected chi connectivity index (χ2v) is 13.3. The molecule has 0 radical (unpaired) electrons. The van der Waals surface area contributed by atoms with E-state index in [4.69, 9.17) is 4.74 Å². The quantitative estimate of drug-likeness (QED) is 0.521. The van der Waals surface area contributed by atoms with Gasteiger partial charge in [0, 0.05) is 44.3 Å². The van der Waals surface area contributed by atoms with Crippen molar-refractivity contribution in [3.8, 4) is 0 Å². The third-order valence-electron chi connectivity index (χ3n) is 8.40. The van der Waals surface area contributed by atoms with Gasteiger partial charge in [-0.2, -0.15) is 0 Å². The molecule has 0 saturated carbocycles. The molecule has 4 nitrogen and oxygen atoms in total. The normalized spacial score (nSPS) is 26.0. The number of rotatable bonds is 3. The molecule has 192 valence electrons. The van der Waals surface area contributed by atoms with Gasteiger partial charge in [-0.1, -0.05) is 41.5 Å². The summed E-state index contributed by atoms with van der Waals surface area (Å²) in [5, 5.41) is 0. The highest BCUT2D eigenvalue weighted by Crippen LogP contribution is 2.45.